The lowest BCUT2D eigenvalue weighted by Crippen LogP contribution is -2.25. The Morgan fingerprint density at radius 1 is 1.39 bits per heavy atom. The lowest BCUT2D eigenvalue weighted by atomic mass is 10.1. The summed E-state index contributed by atoms with van der Waals surface area (Å²) in [5.41, 5.74) is 3.99. The topological polar surface area (TPSA) is 60.5 Å². The molecule has 146 valence electrons. The summed E-state index contributed by atoms with van der Waals surface area (Å²) in [6, 6.07) is 6.07. The number of thiazole rings is 1. The van der Waals surface area contributed by atoms with E-state index in [-0.39, 0.29) is 18.4 Å². The SMILES string of the molecule is CCOc1cc2c(cc1CNC(=O)Cc1csc(-c3ccsc3)n1)OC(C)C2. The average molecular weight is 415 g/mol. The summed E-state index contributed by atoms with van der Waals surface area (Å²) >= 11 is 3.21. The van der Waals surface area contributed by atoms with Crippen LogP contribution >= 0.6 is 22.7 Å². The van der Waals surface area contributed by atoms with Crippen LogP contribution in [0.1, 0.15) is 30.7 Å². The summed E-state index contributed by atoms with van der Waals surface area (Å²) < 4.78 is 11.6. The van der Waals surface area contributed by atoms with Gasteiger partial charge in [0, 0.05) is 40.4 Å². The first-order valence-corrected chi connectivity index (χ1v) is 11.1. The van der Waals surface area contributed by atoms with Gasteiger partial charge in [0.25, 0.3) is 0 Å². The lowest BCUT2D eigenvalue weighted by molar-refractivity contribution is -0.120. The molecule has 2 aromatic heterocycles. The summed E-state index contributed by atoms with van der Waals surface area (Å²) in [6.07, 6.45) is 1.33. The summed E-state index contributed by atoms with van der Waals surface area (Å²) in [5, 5.41) is 9.98. The fourth-order valence-corrected chi connectivity index (χ4v) is 4.77. The number of hydrogen-bond donors (Lipinski definition) is 1. The largest absolute Gasteiger partial charge is 0.494 e. The molecule has 3 heterocycles. The number of hydrogen-bond acceptors (Lipinski definition) is 6. The predicted octanol–water partition coefficient (Wildman–Crippen LogP) is 4.45. The van der Waals surface area contributed by atoms with Crippen molar-refractivity contribution in [1.29, 1.82) is 0 Å². The van der Waals surface area contributed by atoms with Gasteiger partial charge in [-0.3, -0.25) is 4.79 Å². The maximum atomic E-state index is 12.4. The summed E-state index contributed by atoms with van der Waals surface area (Å²) in [7, 11) is 0. The smallest absolute Gasteiger partial charge is 0.226 e. The number of benzene rings is 1. The molecular weight excluding hydrogens is 392 g/mol. The number of rotatable bonds is 7. The van der Waals surface area contributed by atoms with Gasteiger partial charge in [0.1, 0.15) is 22.6 Å². The number of aromatic nitrogens is 1. The maximum absolute atomic E-state index is 12.4. The van der Waals surface area contributed by atoms with Crippen molar-refractivity contribution >= 4 is 28.6 Å². The van der Waals surface area contributed by atoms with Crippen LogP contribution in [0.5, 0.6) is 11.5 Å². The molecule has 0 saturated carbocycles. The van der Waals surface area contributed by atoms with E-state index in [1.54, 1.807) is 22.7 Å². The van der Waals surface area contributed by atoms with E-state index < -0.39 is 0 Å². The molecule has 7 heteroatoms. The molecule has 1 aliphatic rings. The van der Waals surface area contributed by atoms with Crippen LogP contribution in [0.25, 0.3) is 10.6 Å². The van der Waals surface area contributed by atoms with Crippen molar-refractivity contribution in [3.63, 3.8) is 0 Å². The third-order valence-electron chi connectivity index (χ3n) is 4.52. The number of carbonyl (C=O) groups is 1. The second kappa shape index (κ2) is 8.32. The highest BCUT2D eigenvalue weighted by atomic mass is 32.1. The van der Waals surface area contributed by atoms with E-state index in [1.807, 2.05) is 35.9 Å². The molecule has 5 nitrogen and oxygen atoms in total. The summed E-state index contributed by atoms with van der Waals surface area (Å²) in [6.45, 7) is 5.00. The molecule has 0 spiro atoms. The molecule has 1 amide bonds. The molecule has 28 heavy (non-hydrogen) atoms. The Kier molecular flexibility index (Phi) is 5.64. The van der Waals surface area contributed by atoms with E-state index >= 15 is 0 Å². The zero-order valence-corrected chi connectivity index (χ0v) is 17.5. The fraction of sp³-hybridized carbons (Fsp3) is 0.333. The standard InChI is InChI=1S/C21H22N2O3S2/c1-3-25-18-7-15-6-13(2)26-19(15)8-16(18)10-22-20(24)9-17-12-28-21(23-17)14-4-5-27-11-14/h4-5,7-8,11-13H,3,6,9-10H2,1-2H3,(H,22,24). The molecule has 0 aliphatic carbocycles. The number of nitrogens with zero attached hydrogens (tertiary/aromatic N) is 1. The van der Waals surface area contributed by atoms with Gasteiger partial charge in [-0.2, -0.15) is 11.3 Å². The van der Waals surface area contributed by atoms with Gasteiger partial charge in [0.15, 0.2) is 0 Å². The first kappa shape index (κ1) is 19.0. The van der Waals surface area contributed by atoms with E-state index in [9.17, 15) is 4.79 Å². The molecule has 1 aliphatic heterocycles. The van der Waals surface area contributed by atoms with Gasteiger partial charge in [-0.05, 0) is 37.4 Å². The van der Waals surface area contributed by atoms with Crippen molar-refractivity contribution in [3.05, 3.63) is 51.2 Å². The highest BCUT2D eigenvalue weighted by Crippen LogP contribution is 2.35. The van der Waals surface area contributed by atoms with Crippen LogP contribution in [0.4, 0.5) is 0 Å². The van der Waals surface area contributed by atoms with Crippen LogP contribution in [0.2, 0.25) is 0 Å². The van der Waals surface area contributed by atoms with Crippen LogP contribution in [-0.4, -0.2) is 23.6 Å². The Hall–Kier alpha value is -2.38. The van der Waals surface area contributed by atoms with Gasteiger partial charge in [-0.1, -0.05) is 0 Å². The van der Waals surface area contributed by atoms with E-state index in [0.717, 1.165) is 45.3 Å². The van der Waals surface area contributed by atoms with Crippen molar-refractivity contribution in [2.45, 2.75) is 39.3 Å². The molecule has 1 aromatic carbocycles. The molecular formula is C21H22N2O3S2. The molecule has 1 N–H and O–H groups in total. The number of nitrogens with one attached hydrogen (secondary N) is 1. The molecule has 0 fully saturated rings. The van der Waals surface area contributed by atoms with Gasteiger partial charge in [-0.25, -0.2) is 4.98 Å². The quantitative estimate of drug-likeness (QED) is 0.620. The van der Waals surface area contributed by atoms with Gasteiger partial charge < -0.3 is 14.8 Å². The Bertz CT molecular complexity index is 966. The van der Waals surface area contributed by atoms with Gasteiger partial charge >= 0.3 is 0 Å². The van der Waals surface area contributed by atoms with Crippen LogP contribution < -0.4 is 14.8 Å². The number of ether oxygens (including phenoxy) is 2. The maximum Gasteiger partial charge on any atom is 0.226 e. The first-order chi connectivity index (χ1) is 13.6. The van der Waals surface area contributed by atoms with Crippen LogP contribution in [0.3, 0.4) is 0 Å². The van der Waals surface area contributed by atoms with Gasteiger partial charge in [0.05, 0.1) is 18.7 Å². The third kappa shape index (κ3) is 4.20. The summed E-state index contributed by atoms with van der Waals surface area (Å²) in [4.78, 5) is 17.0. The fourth-order valence-electron chi connectivity index (χ4n) is 3.24. The van der Waals surface area contributed by atoms with Crippen molar-refractivity contribution in [1.82, 2.24) is 10.3 Å². The Morgan fingerprint density at radius 2 is 2.29 bits per heavy atom. The van der Waals surface area contributed by atoms with Crippen molar-refractivity contribution in [3.8, 4) is 22.1 Å². The number of fused-ring (bicyclic) bond motifs is 1. The molecule has 1 unspecified atom stereocenters. The monoisotopic (exact) mass is 414 g/mol. The molecule has 4 rings (SSSR count). The zero-order valence-electron chi connectivity index (χ0n) is 15.9. The minimum absolute atomic E-state index is 0.0561. The molecule has 0 saturated heterocycles. The molecule has 0 radical (unpaired) electrons. The van der Waals surface area contributed by atoms with Gasteiger partial charge in [-0.15, -0.1) is 11.3 Å². The van der Waals surface area contributed by atoms with Crippen LogP contribution in [0, 0.1) is 0 Å². The van der Waals surface area contributed by atoms with Crippen molar-refractivity contribution < 1.29 is 14.3 Å². The number of amides is 1. The third-order valence-corrected chi connectivity index (χ3v) is 6.14. The second-order valence-corrected chi connectivity index (χ2v) is 8.38. The summed E-state index contributed by atoms with van der Waals surface area (Å²) in [5.74, 6) is 1.65. The van der Waals surface area contributed by atoms with E-state index in [4.69, 9.17) is 9.47 Å². The first-order valence-electron chi connectivity index (χ1n) is 9.31. The van der Waals surface area contributed by atoms with Crippen molar-refractivity contribution in [2.75, 3.05) is 6.61 Å². The lowest BCUT2D eigenvalue weighted by Gasteiger charge is -2.13. The van der Waals surface area contributed by atoms with Crippen LogP contribution in [-0.2, 0) is 24.2 Å². The predicted molar refractivity (Wildman–Crippen MR) is 112 cm³/mol. The van der Waals surface area contributed by atoms with E-state index in [2.05, 4.69) is 22.6 Å². The van der Waals surface area contributed by atoms with E-state index in [1.165, 1.54) is 0 Å². The Balaban J connectivity index is 1.40. The normalized spacial score (nSPS) is 15.1. The van der Waals surface area contributed by atoms with E-state index in [0.29, 0.717) is 13.2 Å². The van der Waals surface area contributed by atoms with Crippen molar-refractivity contribution in [2.24, 2.45) is 0 Å². The second-order valence-electron chi connectivity index (χ2n) is 6.74. The minimum atomic E-state index is -0.0561. The molecule has 0 bridgehead atoms. The Labute approximate surface area is 172 Å². The average Bonchev–Trinajstić information content (AvgIpc) is 3.39. The Morgan fingerprint density at radius 3 is 3.07 bits per heavy atom. The highest BCUT2D eigenvalue weighted by molar-refractivity contribution is 7.14. The van der Waals surface area contributed by atoms with Gasteiger partial charge in [0.2, 0.25) is 5.91 Å². The molecule has 3 aromatic rings. The zero-order chi connectivity index (χ0) is 19.5. The number of thiophene rings is 1. The minimum Gasteiger partial charge on any atom is -0.494 e. The van der Waals surface area contributed by atoms with Crippen LogP contribution in [0.15, 0.2) is 34.3 Å². The highest BCUT2D eigenvalue weighted by Gasteiger charge is 2.22. The molecule has 1 atom stereocenters. The number of carbonyl (C=O) groups excluding carboxylic acids is 1.